The molecule has 162 valence electrons. The van der Waals surface area contributed by atoms with Crippen LogP contribution in [0.15, 0.2) is 23.3 Å². The smallest absolute Gasteiger partial charge is 0.191 e. The SMILES string of the molecule is CN=C(NCCCN1CCC(C)CC1)NCc1ccnc(N2CCN(C)CC2)c1. The summed E-state index contributed by atoms with van der Waals surface area (Å²) in [6.07, 6.45) is 5.76. The third-order valence-corrected chi connectivity index (χ3v) is 6.14. The van der Waals surface area contributed by atoms with Gasteiger partial charge in [-0.1, -0.05) is 6.92 Å². The molecule has 0 bridgehead atoms. The molecule has 7 nitrogen and oxygen atoms in total. The summed E-state index contributed by atoms with van der Waals surface area (Å²) >= 11 is 0. The Hall–Kier alpha value is -1.86. The van der Waals surface area contributed by atoms with Crippen molar-refractivity contribution in [3.8, 4) is 0 Å². The van der Waals surface area contributed by atoms with Gasteiger partial charge in [-0.05, 0) is 69.6 Å². The predicted octanol–water partition coefficient (Wildman–Crippen LogP) is 1.62. The molecule has 0 aromatic carbocycles. The highest BCUT2D eigenvalue weighted by molar-refractivity contribution is 5.79. The van der Waals surface area contributed by atoms with Crippen LogP contribution in [0.1, 0.15) is 31.7 Å². The van der Waals surface area contributed by atoms with Crippen molar-refractivity contribution in [3.63, 3.8) is 0 Å². The van der Waals surface area contributed by atoms with Crippen LogP contribution in [0.5, 0.6) is 0 Å². The van der Waals surface area contributed by atoms with Crippen LogP contribution in [0.3, 0.4) is 0 Å². The molecular weight excluding hydrogens is 362 g/mol. The van der Waals surface area contributed by atoms with Crippen molar-refractivity contribution >= 4 is 11.8 Å². The van der Waals surface area contributed by atoms with Gasteiger partial charge in [0, 0.05) is 52.5 Å². The van der Waals surface area contributed by atoms with Gasteiger partial charge in [0.2, 0.25) is 0 Å². The van der Waals surface area contributed by atoms with E-state index < -0.39 is 0 Å². The minimum absolute atomic E-state index is 0.757. The number of piperidine rings is 1. The highest BCUT2D eigenvalue weighted by Gasteiger charge is 2.16. The van der Waals surface area contributed by atoms with Gasteiger partial charge < -0.3 is 25.3 Å². The van der Waals surface area contributed by atoms with E-state index in [1.807, 2.05) is 13.2 Å². The second-order valence-corrected chi connectivity index (χ2v) is 8.54. The fourth-order valence-electron chi connectivity index (χ4n) is 3.98. The fraction of sp³-hybridized carbons (Fsp3) is 0.727. The first-order valence-corrected chi connectivity index (χ1v) is 11.2. The molecule has 29 heavy (non-hydrogen) atoms. The molecule has 0 aliphatic carbocycles. The summed E-state index contributed by atoms with van der Waals surface area (Å²) in [6, 6.07) is 4.28. The maximum atomic E-state index is 4.57. The number of piperazine rings is 1. The zero-order valence-electron chi connectivity index (χ0n) is 18.5. The van der Waals surface area contributed by atoms with Crippen molar-refractivity contribution in [2.45, 2.75) is 32.7 Å². The summed E-state index contributed by atoms with van der Waals surface area (Å²) in [5.74, 6) is 2.85. The lowest BCUT2D eigenvalue weighted by Gasteiger charge is -2.33. The molecule has 0 unspecified atom stereocenters. The average molecular weight is 402 g/mol. The number of hydrogen-bond acceptors (Lipinski definition) is 5. The summed E-state index contributed by atoms with van der Waals surface area (Å²) in [5.41, 5.74) is 1.24. The molecular formula is C22H39N7. The van der Waals surface area contributed by atoms with Crippen LogP contribution in [0.25, 0.3) is 0 Å². The van der Waals surface area contributed by atoms with Crippen molar-refractivity contribution in [1.29, 1.82) is 0 Å². The number of aliphatic imine (C=N–C) groups is 1. The third kappa shape index (κ3) is 7.16. The molecule has 2 saturated heterocycles. The number of likely N-dealkylation sites (tertiary alicyclic amines) is 1. The van der Waals surface area contributed by atoms with E-state index in [1.54, 1.807) is 0 Å². The van der Waals surface area contributed by atoms with Crippen LogP contribution in [-0.4, -0.2) is 87.2 Å². The number of aromatic nitrogens is 1. The Morgan fingerprint density at radius 3 is 2.62 bits per heavy atom. The zero-order chi connectivity index (χ0) is 20.5. The first-order chi connectivity index (χ1) is 14.1. The lowest BCUT2D eigenvalue weighted by Crippen LogP contribution is -2.44. The minimum Gasteiger partial charge on any atom is -0.356 e. The summed E-state index contributed by atoms with van der Waals surface area (Å²) in [5, 5.41) is 6.89. The molecule has 0 amide bonds. The molecule has 2 fully saturated rings. The molecule has 1 aromatic heterocycles. The van der Waals surface area contributed by atoms with E-state index >= 15 is 0 Å². The first-order valence-electron chi connectivity index (χ1n) is 11.2. The molecule has 3 heterocycles. The topological polar surface area (TPSA) is 59.0 Å². The molecule has 7 heteroatoms. The summed E-state index contributed by atoms with van der Waals surface area (Å²) in [6.45, 7) is 12.0. The number of rotatable bonds is 7. The van der Waals surface area contributed by atoms with Crippen molar-refractivity contribution in [1.82, 2.24) is 25.4 Å². The van der Waals surface area contributed by atoms with Gasteiger partial charge in [0.15, 0.2) is 5.96 Å². The second kappa shape index (κ2) is 11.4. The molecule has 2 aliphatic heterocycles. The van der Waals surface area contributed by atoms with Gasteiger partial charge in [0.25, 0.3) is 0 Å². The van der Waals surface area contributed by atoms with Gasteiger partial charge in [-0.15, -0.1) is 0 Å². The summed E-state index contributed by atoms with van der Waals surface area (Å²) in [7, 11) is 4.01. The van der Waals surface area contributed by atoms with E-state index in [2.05, 4.69) is 61.4 Å². The van der Waals surface area contributed by atoms with E-state index in [1.165, 1.54) is 38.0 Å². The molecule has 0 spiro atoms. The molecule has 0 saturated carbocycles. The average Bonchev–Trinajstić information content (AvgIpc) is 2.75. The van der Waals surface area contributed by atoms with E-state index in [9.17, 15) is 0 Å². The number of hydrogen-bond donors (Lipinski definition) is 2. The molecule has 3 rings (SSSR count). The van der Waals surface area contributed by atoms with Crippen LogP contribution in [0.4, 0.5) is 5.82 Å². The number of pyridine rings is 1. The largest absolute Gasteiger partial charge is 0.356 e. The van der Waals surface area contributed by atoms with Gasteiger partial charge >= 0.3 is 0 Å². The Morgan fingerprint density at radius 1 is 1.14 bits per heavy atom. The maximum Gasteiger partial charge on any atom is 0.191 e. The van der Waals surface area contributed by atoms with Crippen LogP contribution in [0, 0.1) is 5.92 Å². The van der Waals surface area contributed by atoms with Crippen LogP contribution >= 0.6 is 0 Å². The third-order valence-electron chi connectivity index (χ3n) is 6.14. The van der Waals surface area contributed by atoms with Crippen molar-refractivity contribution < 1.29 is 0 Å². The van der Waals surface area contributed by atoms with Gasteiger partial charge in [-0.25, -0.2) is 4.98 Å². The minimum atomic E-state index is 0.757. The molecule has 0 radical (unpaired) electrons. The van der Waals surface area contributed by atoms with E-state index in [4.69, 9.17) is 0 Å². The summed E-state index contributed by atoms with van der Waals surface area (Å²) in [4.78, 5) is 16.3. The molecule has 2 N–H and O–H groups in total. The highest BCUT2D eigenvalue weighted by atomic mass is 15.3. The van der Waals surface area contributed by atoms with Crippen LogP contribution in [0.2, 0.25) is 0 Å². The Morgan fingerprint density at radius 2 is 1.90 bits per heavy atom. The number of guanidine groups is 1. The van der Waals surface area contributed by atoms with Gasteiger partial charge in [0.1, 0.15) is 5.82 Å². The number of nitrogens with zero attached hydrogens (tertiary/aromatic N) is 5. The van der Waals surface area contributed by atoms with E-state index in [-0.39, 0.29) is 0 Å². The number of anilines is 1. The standard InChI is InChI=1S/C22H39N7/c1-19-6-11-28(12-7-19)10-4-8-25-22(23-2)26-18-20-5-9-24-21(17-20)29-15-13-27(3)14-16-29/h5,9,17,19H,4,6-8,10-16,18H2,1-3H3,(H2,23,25,26). The Balaban J connectivity index is 1.37. The normalized spacial score (nSPS) is 20.1. The zero-order valence-corrected chi connectivity index (χ0v) is 18.5. The second-order valence-electron chi connectivity index (χ2n) is 8.54. The van der Waals surface area contributed by atoms with Gasteiger partial charge in [-0.2, -0.15) is 0 Å². The molecule has 2 aliphatic rings. The highest BCUT2D eigenvalue weighted by Crippen LogP contribution is 2.16. The predicted molar refractivity (Wildman–Crippen MR) is 122 cm³/mol. The lowest BCUT2D eigenvalue weighted by atomic mass is 9.99. The van der Waals surface area contributed by atoms with Gasteiger partial charge in [0.05, 0.1) is 0 Å². The summed E-state index contributed by atoms with van der Waals surface area (Å²) < 4.78 is 0. The van der Waals surface area contributed by atoms with E-state index in [0.717, 1.165) is 63.4 Å². The first kappa shape index (κ1) is 21.8. The van der Waals surface area contributed by atoms with Crippen molar-refractivity contribution in [3.05, 3.63) is 23.9 Å². The lowest BCUT2D eigenvalue weighted by molar-refractivity contribution is 0.191. The van der Waals surface area contributed by atoms with Crippen molar-refractivity contribution in [2.75, 3.05) is 71.4 Å². The monoisotopic (exact) mass is 401 g/mol. The van der Waals surface area contributed by atoms with Crippen molar-refractivity contribution in [2.24, 2.45) is 10.9 Å². The maximum absolute atomic E-state index is 4.57. The van der Waals surface area contributed by atoms with Gasteiger partial charge in [-0.3, -0.25) is 4.99 Å². The van der Waals surface area contributed by atoms with Crippen LogP contribution in [-0.2, 0) is 6.54 Å². The Labute approximate surface area is 176 Å². The quantitative estimate of drug-likeness (QED) is 0.411. The Bertz CT molecular complexity index is 632. The number of likely N-dealkylation sites (N-methyl/N-ethyl adjacent to an activating group) is 1. The fourth-order valence-corrected chi connectivity index (χ4v) is 3.98. The molecule has 1 aromatic rings. The number of nitrogens with one attached hydrogen (secondary N) is 2. The van der Waals surface area contributed by atoms with E-state index in [0.29, 0.717) is 0 Å². The van der Waals surface area contributed by atoms with Crippen LogP contribution < -0.4 is 15.5 Å². The molecule has 0 atom stereocenters. The Kier molecular flexibility index (Phi) is 8.55.